The van der Waals surface area contributed by atoms with Gasteiger partial charge >= 0.3 is 0 Å². The third kappa shape index (κ3) is 2.67. The van der Waals surface area contributed by atoms with E-state index in [1.54, 1.807) is 4.90 Å². The summed E-state index contributed by atoms with van der Waals surface area (Å²) >= 11 is 0. The second-order valence-corrected chi connectivity index (χ2v) is 3.39. The first kappa shape index (κ1) is 10.5. The Morgan fingerprint density at radius 1 is 1.46 bits per heavy atom. The summed E-state index contributed by atoms with van der Waals surface area (Å²) in [6.07, 6.45) is 2.80. The number of carbonyl (C=O) groups is 1. The molecule has 2 N–H and O–H groups in total. The van der Waals surface area contributed by atoms with Gasteiger partial charge < -0.3 is 15.1 Å². The molecule has 0 spiro atoms. The van der Waals surface area contributed by atoms with Crippen molar-refractivity contribution in [2.75, 3.05) is 19.8 Å². The maximum absolute atomic E-state index is 11.5. The standard InChI is InChI=1S/C9H17NO3/c11-6-2-4-9(13)10-5-1-3-8(10)7-12/h8,11-12H,1-7H2. The van der Waals surface area contributed by atoms with Crippen LogP contribution in [-0.4, -0.2) is 46.8 Å². The van der Waals surface area contributed by atoms with E-state index in [9.17, 15) is 4.79 Å². The largest absolute Gasteiger partial charge is 0.396 e. The first-order chi connectivity index (χ1) is 6.29. The molecule has 0 aromatic carbocycles. The number of carbonyl (C=O) groups excluding carboxylic acids is 1. The van der Waals surface area contributed by atoms with Gasteiger partial charge in [-0.3, -0.25) is 4.79 Å². The summed E-state index contributed by atoms with van der Waals surface area (Å²) in [6.45, 7) is 0.879. The molecule has 0 aliphatic carbocycles. The SMILES string of the molecule is O=C(CCCO)N1CCCC1CO. The molecule has 0 saturated carbocycles. The van der Waals surface area contributed by atoms with Crippen LogP contribution in [-0.2, 0) is 4.79 Å². The molecule has 4 nitrogen and oxygen atoms in total. The molecule has 13 heavy (non-hydrogen) atoms. The third-order valence-corrected chi connectivity index (χ3v) is 2.46. The number of aliphatic hydroxyl groups is 2. The average molecular weight is 187 g/mol. The van der Waals surface area contributed by atoms with E-state index in [2.05, 4.69) is 0 Å². The van der Waals surface area contributed by atoms with Gasteiger partial charge in [-0.1, -0.05) is 0 Å². The molecule has 1 fully saturated rings. The zero-order valence-corrected chi connectivity index (χ0v) is 7.78. The Hall–Kier alpha value is -0.610. The van der Waals surface area contributed by atoms with Crippen LogP contribution in [0.5, 0.6) is 0 Å². The molecule has 1 rings (SSSR count). The minimum absolute atomic E-state index is 0.0196. The lowest BCUT2D eigenvalue weighted by Gasteiger charge is -2.22. The predicted octanol–water partition coefficient (Wildman–Crippen LogP) is -0.258. The summed E-state index contributed by atoms with van der Waals surface area (Å²) in [7, 11) is 0. The molecule has 76 valence electrons. The van der Waals surface area contributed by atoms with Crippen molar-refractivity contribution in [2.24, 2.45) is 0 Å². The van der Waals surface area contributed by atoms with Crippen molar-refractivity contribution in [1.29, 1.82) is 0 Å². The maximum Gasteiger partial charge on any atom is 0.222 e. The Morgan fingerprint density at radius 3 is 2.85 bits per heavy atom. The summed E-state index contributed by atoms with van der Waals surface area (Å²) in [5.74, 6) is 0.0607. The van der Waals surface area contributed by atoms with Crippen LogP contribution in [0.3, 0.4) is 0 Å². The summed E-state index contributed by atoms with van der Waals surface area (Å²) in [5.41, 5.74) is 0. The molecule has 1 aliphatic heterocycles. The lowest BCUT2D eigenvalue weighted by Crippen LogP contribution is -2.37. The summed E-state index contributed by atoms with van der Waals surface area (Å²) in [6, 6.07) is 0.0196. The normalized spacial score (nSPS) is 22.3. The van der Waals surface area contributed by atoms with Crippen LogP contribution in [0.15, 0.2) is 0 Å². The highest BCUT2D eigenvalue weighted by Gasteiger charge is 2.27. The first-order valence-electron chi connectivity index (χ1n) is 4.80. The smallest absolute Gasteiger partial charge is 0.222 e. The topological polar surface area (TPSA) is 60.8 Å². The number of likely N-dealkylation sites (tertiary alicyclic amines) is 1. The van der Waals surface area contributed by atoms with Crippen molar-refractivity contribution in [2.45, 2.75) is 31.7 Å². The van der Waals surface area contributed by atoms with E-state index in [1.807, 2.05) is 0 Å². The van der Waals surface area contributed by atoms with E-state index in [4.69, 9.17) is 10.2 Å². The monoisotopic (exact) mass is 187 g/mol. The number of nitrogens with zero attached hydrogens (tertiary/aromatic N) is 1. The highest BCUT2D eigenvalue weighted by atomic mass is 16.3. The molecule has 4 heteroatoms. The van der Waals surface area contributed by atoms with E-state index < -0.39 is 0 Å². The summed E-state index contributed by atoms with van der Waals surface area (Å²) in [5, 5.41) is 17.5. The van der Waals surface area contributed by atoms with Crippen LogP contribution in [0.4, 0.5) is 0 Å². The van der Waals surface area contributed by atoms with E-state index in [0.29, 0.717) is 12.8 Å². The molecule has 0 aromatic heterocycles. The quantitative estimate of drug-likeness (QED) is 0.637. The van der Waals surface area contributed by atoms with Crippen LogP contribution < -0.4 is 0 Å². The third-order valence-electron chi connectivity index (χ3n) is 2.46. The second-order valence-electron chi connectivity index (χ2n) is 3.39. The zero-order chi connectivity index (χ0) is 9.68. The highest BCUT2D eigenvalue weighted by molar-refractivity contribution is 5.76. The van der Waals surface area contributed by atoms with Gasteiger partial charge in [-0.2, -0.15) is 0 Å². The van der Waals surface area contributed by atoms with Crippen molar-refractivity contribution in [3.63, 3.8) is 0 Å². The molecule has 1 amide bonds. The van der Waals surface area contributed by atoms with Crippen molar-refractivity contribution in [3.05, 3.63) is 0 Å². The van der Waals surface area contributed by atoms with Crippen molar-refractivity contribution in [3.8, 4) is 0 Å². The van der Waals surface area contributed by atoms with Crippen molar-refractivity contribution in [1.82, 2.24) is 4.90 Å². The molecule has 0 radical (unpaired) electrons. The minimum atomic E-state index is 0.0196. The van der Waals surface area contributed by atoms with Gasteiger partial charge in [0.15, 0.2) is 0 Å². The molecule has 1 saturated heterocycles. The number of amides is 1. The first-order valence-corrected chi connectivity index (χ1v) is 4.80. The lowest BCUT2D eigenvalue weighted by atomic mass is 10.2. The Labute approximate surface area is 78.2 Å². The Kier molecular flexibility index (Phi) is 4.18. The van der Waals surface area contributed by atoms with Gasteiger partial charge in [-0.15, -0.1) is 0 Å². The average Bonchev–Trinajstić information content (AvgIpc) is 2.61. The molecule has 0 aromatic rings. The van der Waals surface area contributed by atoms with Gasteiger partial charge in [0.25, 0.3) is 0 Å². The number of rotatable bonds is 4. The molecular weight excluding hydrogens is 170 g/mol. The highest BCUT2D eigenvalue weighted by Crippen LogP contribution is 2.17. The van der Waals surface area contributed by atoms with Gasteiger partial charge in [0.1, 0.15) is 0 Å². The predicted molar refractivity (Wildman–Crippen MR) is 48.1 cm³/mol. The van der Waals surface area contributed by atoms with E-state index in [-0.39, 0.29) is 25.2 Å². The van der Waals surface area contributed by atoms with Crippen LogP contribution in [0.25, 0.3) is 0 Å². The number of hydrogen-bond acceptors (Lipinski definition) is 3. The number of hydrogen-bond donors (Lipinski definition) is 2. The molecule has 1 atom stereocenters. The summed E-state index contributed by atoms with van der Waals surface area (Å²) in [4.78, 5) is 13.2. The maximum atomic E-state index is 11.5. The van der Waals surface area contributed by atoms with Crippen LogP contribution in [0.1, 0.15) is 25.7 Å². The lowest BCUT2D eigenvalue weighted by molar-refractivity contribution is -0.133. The van der Waals surface area contributed by atoms with Gasteiger partial charge in [0.2, 0.25) is 5.91 Å². The fourth-order valence-corrected chi connectivity index (χ4v) is 1.73. The van der Waals surface area contributed by atoms with Gasteiger partial charge in [0, 0.05) is 19.6 Å². The van der Waals surface area contributed by atoms with Crippen LogP contribution >= 0.6 is 0 Å². The molecule has 1 aliphatic rings. The Morgan fingerprint density at radius 2 is 2.23 bits per heavy atom. The van der Waals surface area contributed by atoms with E-state index in [0.717, 1.165) is 19.4 Å². The summed E-state index contributed by atoms with van der Waals surface area (Å²) < 4.78 is 0. The molecule has 1 unspecified atom stereocenters. The van der Waals surface area contributed by atoms with Gasteiger partial charge in [-0.25, -0.2) is 0 Å². The van der Waals surface area contributed by atoms with Crippen molar-refractivity contribution < 1.29 is 15.0 Å². The van der Waals surface area contributed by atoms with Crippen LogP contribution in [0.2, 0.25) is 0 Å². The molecule has 0 bridgehead atoms. The van der Waals surface area contributed by atoms with Gasteiger partial charge in [-0.05, 0) is 19.3 Å². The number of aliphatic hydroxyl groups excluding tert-OH is 2. The van der Waals surface area contributed by atoms with Crippen LogP contribution in [0, 0.1) is 0 Å². The van der Waals surface area contributed by atoms with Crippen molar-refractivity contribution >= 4 is 5.91 Å². The zero-order valence-electron chi connectivity index (χ0n) is 7.78. The Balaban J connectivity index is 2.36. The van der Waals surface area contributed by atoms with Gasteiger partial charge in [0.05, 0.1) is 12.6 Å². The van der Waals surface area contributed by atoms with E-state index in [1.165, 1.54) is 0 Å². The Bertz CT molecular complexity index is 172. The fraction of sp³-hybridized carbons (Fsp3) is 0.889. The van der Waals surface area contributed by atoms with E-state index >= 15 is 0 Å². The molecule has 1 heterocycles. The second kappa shape index (κ2) is 5.19. The minimum Gasteiger partial charge on any atom is -0.396 e. The molecular formula is C9H17NO3. The fourth-order valence-electron chi connectivity index (χ4n) is 1.73.